The first kappa shape index (κ1) is 20.5. The summed E-state index contributed by atoms with van der Waals surface area (Å²) in [5.41, 5.74) is 1.99. The number of nitrogens with one attached hydrogen (secondary N) is 1. The third-order valence-corrected chi connectivity index (χ3v) is 5.03. The molecule has 0 bridgehead atoms. The molecule has 0 unspecified atom stereocenters. The Morgan fingerprint density at radius 3 is 1.97 bits per heavy atom. The highest BCUT2D eigenvalue weighted by Gasteiger charge is 2.21. The molecule has 7 heteroatoms. The second kappa shape index (κ2) is 9.82. The molecule has 0 spiro atoms. The van der Waals surface area contributed by atoms with Crippen molar-refractivity contribution in [3.8, 4) is 11.5 Å². The number of benzene rings is 2. The number of carbonyl (C=O) groups is 2. The van der Waals surface area contributed by atoms with E-state index in [1.807, 2.05) is 48.5 Å². The summed E-state index contributed by atoms with van der Waals surface area (Å²) in [6.45, 7) is 2.83. The first-order chi connectivity index (χ1) is 14.1. The molecule has 2 amide bonds. The molecule has 1 saturated heterocycles. The number of rotatable bonds is 7. The van der Waals surface area contributed by atoms with Gasteiger partial charge >= 0.3 is 0 Å². The van der Waals surface area contributed by atoms with Crippen LogP contribution in [0.5, 0.6) is 11.5 Å². The van der Waals surface area contributed by atoms with E-state index in [2.05, 4.69) is 10.2 Å². The molecule has 0 aromatic heterocycles. The zero-order valence-electron chi connectivity index (χ0n) is 16.9. The summed E-state index contributed by atoms with van der Waals surface area (Å²) in [5.74, 6) is 1.36. The fourth-order valence-corrected chi connectivity index (χ4v) is 3.28. The molecule has 154 valence electrons. The van der Waals surface area contributed by atoms with E-state index in [-0.39, 0.29) is 24.8 Å². The number of amides is 2. The lowest BCUT2D eigenvalue weighted by atomic mass is 10.1. The van der Waals surface area contributed by atoms with Gasteiger partial charge in [-0.05, 0) is 42.0 Å². The Hall–Kier alpha value is -3.22. The van der Waals surface area contributed by atoms with Crippen LogP contribution in [0.15, 0.2) is 48.5 Å². The average Bonchev–Trinajstić information content (AvgIpc) is 2.78. The molecule has 0 atom stereocenters. The first-order valence-electron chi connectivity index (χ1n) is 9.65. The van der Waals surface area contributed by atoms with Crippen LogP contribution in [0.25, 0.3) is 0 Å². The van der Waals surface area contributed by atoms with Crippen molar-refractivity contribution in [2.45, 2.75) is 6.42 Å². The van der Waals surface area contributed by atoms with E-state index in [0.29, 0.717) is 13.1 Å². The van der Waals surface area contributed by atoms with Crippen LogP contribution >= 0.6 is 0 Å². The minimum atomic E-state index is -0.166. The maximum atomic E-state index is 12.4. The second-order valence-corrected chi connectivity index (χ2v) is 6.87. The van der Waals surface area contributed by atoms with Crippen LogP contribution in [0.4, 0.5) is 5.69 Å². The van der Waals surface area contributed by atoms with Crippen molar-refractivity contribution >= 4 is 17.5 Å². The molecule has 2 aromatic carbocycles. The van der Waals surface area contributed by atoms with Crippen LogP contribution < -0.4 is 19.7 Å². The molecule has 1 fully saturated rings. The minimum Gasteiger partial charge on any atom is -0.497 e. The molecule has 7 nitrogen and oxygen atoms in total. The summed E-state index contributed by atoms with van der Waals surface area (Å²) < 4.78 is 10.3. The number of methoxy groups -OCH3 is 2. The van der Waals surface area contributed by atoms with E-state index in [1.165, 1.54) is 0 Å². The topological polar surface area (TPSA) is 71.1 Å². The Balaban J connectivity index is 1.41. The quantitative estimate of drug-likeness (QED) is 0.770. The standard InChI is InChI=1S/C22H27N3O4/c1-28-19-7-3-17(4-8-19)15-21(26)23-16-22(27)25-13-11-24(12-14-25)18-5-9-20(29-2)10-6-18/h3-10H,11-16H2,1-2H3,(H,23,26). The highest BCUT2D eigenvalue weighted by atomic mass is 16.5. The smallest absolute Gasteiger partial charge is 0.242 e. The lowest BCUT2D eigenvalue weighted by molar-refractivity contribution is -0.133. The van der Waals surface area contributed by atoms with Crippen molar-refractivity contribution < 1.29 is 19.1 Å². The largest absolute Gasteiger partial charge is 0.497 e. The van der Waals surface area contributed by atoms with Gasteiger partial charge in [-0.1, -0.05) is 12.1 Å². The van der Waals surface area contributed by atoms with E-state index < -0.39 is 0 Å². The zero-order valence-corrected chi connectivity index (χ0v) is 16.9. The Morgan fingerprint density at radius 2 is 1.41 bits per heavy atom. The summed E-state index contributed by atoms with van der Waals surface area (Å²) in [5, 5.41) is 2.72. The maximum Gasteiger partial charge on any atom is 0.242 e. The van der Waals surface area contributed by atoms with Gasteiger partial charge in [0.25, 0.3) is 0 Å². The third-order valence-electron chi connectivity index (χ3n) is 5.03. The van der Waals surface area contributed by atoms with Crippen LogP contribution in [0, 0.1) is 0 Å². The average molecular weight is 397 g/mol. The van der Waals surface area contributed by atoms with Crippen molar-refractivity contribution in [1.29, 1.82) is 0 Å². The molecule has 0 saturated carbocycles. The van der Waals surface area contributed by atoms with Crippen LogP contribution in [0.1, 0.15) is 5.56 Å². The van der Waals surface area contributed by atoms with E-state index in [9.17, 15) is 9.59 Å². The molecular weight excluding hydrogens is 370 g/mol. The maximum absolute atomic E-state index is 12.4. The molecule has 1 N–H and O–H groups in total. The Morgan fingerprint density at radius 1 is 0.862 bits per heavy atom. The molecule has 1 aliphatic rings. The highest BCUT2D eigenvalue weighted by Crippen LogP contribution is 2.20. The molecule has 0 radical (unpaired) electrons. The number of ether oxygens (including phenoxy) is 2. The molecule has 2 aromatic rings. The lowest BCUT2D eigenvalue weighted by Crippen LogP contribution is -2.51. The monoisotopic (exact) mass is 397 g/mol. The van der Waals surface area contributed by atoms with Crippen LogP contribution in [-0.4, -0.2) is 63.7 Å². The number of carbonyl (C=O) groups excluding carboxylic acids is 2. The summed E-state index contributed by atoms with van der Waals surface area (Å²) in [7, 11) is 3.25. The van der Waals surface area contributed by atoms with Gasteiger partial charge in [0.1, 0.15) is 11.5 Å². The van der Waals surface area contributed by atoms with Crippen LogP contribution in [-0.2, 0) is 16.0 Å². The van der Waals surface area contributed by atoms with Crippen molar-refractivity contribution in [1.82, 2.24) is 10.2 Å². The van der Waals surface area contributed by atoms with Crippen molar-refractivity contribution in [3.05, 3.63) is 54.1 Å². The predicted octanol–water partition coefficient (Wildman–Crippen LogP) is 1.71. The van der Waals surface area contributed by atoms with Gasteiger partial charge in [0.2, 0.25) is 11.8 Å². The van der Waals surface area contributed by atoms with Crippen molar-refractivity contribution in [2.24, 2.45) is 0 Å². The fourth-order valence-electron chi connectivity index (χ4n) is 3.28. The van der Waals surface area contributed by atoms with E-state index in [4.69, 9.17) is 9.47 Å². The van der Waals surface area contributed by atoms with Gasteiger partial charge in [-0.15, -0.1) is 0 Å². The van der Waals surface area contributed by atoms with Gasteiger partial charge in [0.05, 0.1) is 27.2 Å². The highest BCUT2D eigenvalue weighted by molar-refractivity contribution is 5.85. The van der Waals surface area contributed by atoms with E-state index in [1.54, 1.807) is 19.1 Å². The van der Waals surface area contributed by atoms with Gasteiger partial charge in [-0.25, -0.2) is 0 Å². The van der Waals surface area contributed by atoms with Gasteiger partial charge in [0, 0.05) is 31.9 Å². The second-order valence-electron chi connectivity index (χ2n) is 6.87. The van der Waals surface area contributed by atoms with Crippen LogP contribution in [0.3, 0.4) is 0 Å². The summed E-state index contributed by atoms with van der Waals surface area (Å²) in [4.78, 5) is 28.6. The fraction of sp³-hybridized carbons (Fsp3) is 0.364. The summed E-state index contributed by atoms with van der Waals surface area (Å²) in [6.07, 6.45) is 0.239. The van der Waals surface area contributed by atoms with Crippen molar-refractivity contribution in [3.63, 3.8) is 0 Å². The third kappa shape index (κ3) is 5.63. The van der Waals surface area contributed by atoms with Gasteiger partial charge in [-0.2, -0.15) is 0 Å². The SMILES string of the molecule is COc1ccc(CC(=O)NCC(=O)N2CCN(c3ccc(OC)cc3)CC2)cc1. The van der Waals surface area contributed by atoms with E-state index in [0.717, 1.165) is 35.8 Å². The molecule has 1 heterocycles. The summed E-state index contributed by atoms with van der Waals surface area (Å²) >= 11 is 0. The number of hydrogen-bond donors (Lipinski definition) is 1. The Bertz CT molecular complexity index is 813. The normalized spacial score (nSPS) is 13.7. The predicted molar refractivity (Wildman–Crippen MR) is 111 cm³/mol. The molecule has 0 aliphatic carbocycles. The lowest BCUT2D eigenvalue weighted by Gasteiger charge is -2.36. The van der Waals surface area contributed by atoms with Gasteiger partial charge in [-0.3, -0.25) is 9.59 Å². The van der Waals surface area contributed by atoms with Crippen LogP contribution in [0.2, 0.25) is 0 Å². The first-order valence-corrected chi connectivity index (χ1v) is 9.65. The summed E-state index contributed by atoms with van der Waals surface area (Å²) in [6, 6.07) is 15.2. The number of piperazine rings is 1. The molecule has 1 aliphatic heterocycles. The minimum absolute atomic E-state index is 0.0253. The Kier molecular flexibility index (Phi) is 6.94. The number of nitrogens with zero attached hydrogens (tertiary/aromatic N) is 2. The van der Waals surface area contributed by atoms with Gasteiger partial charge in [0.15, 0.2) is 0 Å². The number of anilines is 1. The number of hydrogen-bond acceptors (Lipinski definition) is 5. The Labute approximate surface area is 171 Å². The molecular formula is C22H27N3O4. The van der Waals surface area contributed by atoms with Crippen molar-refractivity contribution in [2.75, 3.05) is 51.8 Å². The van der Waals surface area contributed by atoms with Gasteiger partial charge < -0.3 is 24.6 Å². The zero-order chi connectivity index (χ0) is 20.6. The molecule has 3 rings (SSSR count). The van der Waals surface area contributed by atoms with E-state index >= 15 is 0 Å². The molecule has 29 heavy (non-hydrogen) atoms.